The number of carbonyl (C=O) groups is 3. The third-order valence-electron chi connectivity index (χ3n) is 4.84. The number of thioether (sulfide) groups is 1. The van der Waals surface area contributed by atoms with E-state index in [9.17, 15) is 14.4 Å². The van der Waals surface area contributed by atoms with E-state index < -0.39 is 29.9 Å². The van der Waals surface area contributed by atoms with Gasteiger partial charge in [-0.3, -0.25) is 9.59 Å². The fourth-order valence-corrected chi connectivity index (χ4v) is 3.87. The van der Waals surface area contributed by atoms with E-state index in [4.69, 9.17) is 42.1 Å². The van der Waals surface area contributed by atoms with Crippen LogP contribution in [0, 0.1) is 0 Å². The number of amides is 2. The van der Waals surface area contributed by atoms with E-state index in [1.165, 1.54) is 64.4 Å². The van der Waals surface area contributed by atoms with Crippen LogP contribution in [0.1, 0.15) is 23.7 Å². The molecule has 0 radical (unpaired) electrons. The predicted molar refractivity (Wildman–Crippen MR) is 139 cm³/mol. The minimum Gasteiger partial charge on any atom is -0.493 e. The maximum Gasteiger partial charge on any atom is 0.329 e. The number of carbonyl (C=O) groups excluding carboxylic acids is 3. The van der Waals surface area contributed by atoms with Crippen molar-refractivity contribution in [3.8, 4) is 17.2 Å². The Kier molecular flexibility index (Phi) is 11.4. The van der Waals surface area contributed by atoms with Gasteiger partial charge in [-0.2, -0.15) is 11.8 Å². The lowest BCUT2D eigenvalue weighted by Crippen LogP contribution is -2.44. The van der Waals surface area contributed by atoms with Crippen LogP contribution in [-0.4, -0.2) is 68.3 Å². The summed E-state index contributed by atoms with van der Waals surface area (Å²) >= 11 is 13.3. The van der Waals surface area contributed by atoms with Crippen molar-refractivity contribution >= 4 is 58.6 Å². The summed E-state index contributed by atoms with van der Waals surface area (Å²) in [5.41, 5.74) is 0.181. The van der Waals surface area contributed by atoms with Gasteiger partial charge in [-0.15, -0.1) is 0 Å². The van der Waals surface area contributed by atoms with Gasteiger partial charge in [0.15, 0.2) is 23.4 Å². The SMILES string of the molecule is COc1cc(C(=O)N[C@@H](CCSC)C(=O)O[C@H](C)C(=O)Nc2ncc(Cl)cc2Cl)cc(OC)c1OC. The van der Waals surface area contributed by atoms with E-state index in [1.54, 1.807) is 0 Å². The second kappa shape index (κ2) is 14.0. The van der Waals surface area contributed by atoms with Crippen LogP contribution in [-0.2, 0) is 14.3 Å². The van der Waals surface area contributed by atoms with Crippen LogP contribution < -0.4 is 24.8 Å². The molecule has 0 fully saturated rings. The minimum absolute atomic E-state index is 0.0728. The zero-order valence-corrected chi connectivity index (χ0v) is 22.7. The van der Waals surface area contributed by atoms with Crippen molar-refractivity contribution in [2.45, 2.75) is 25.5 Å². The topological polar surface area (TPSA) is 125 Å². The van der Waals surface area contributed by atoms with E-state index >= 15 is 0 Å². The van der Waals surface area contributed by atoms with Crippen LogP contribution in [0.2, 0.25) is 10.0 Å². The number of halogens is 2. The zero-order valence-electron chi connectivity index (χ0n) is 20.3. The molecule has 1 aromatic carbocycles. The molecule has 196 valence electrons. The first kappa shape index (κ1) is 29.3. The number of hydrogen-bond acceptors (Lipinski definition) is 9. The van der Waals surface area contributed by atoms with Crippen LogP contribution in [0.5, 0.6) is 17.2 Å². The van der Waals surface area contributed by atoms with Crippen molar-refractivity contribution in [2.24, 2.45) is 0 Å². The summed E-state index contributed by atoms with van der Waals surface area (Å²) < 4.78 is 21.2. The largest absolute Gasteiger partial charge is 0.493 e. The molecule has 2 N–H and O–H groups in total. The van der Waals surface area contributed by atoms with Crippen molar-refractivity contribution in [2.75, 3.05) is 38.7 Å². The van der Waals surface area contributed by atoms with Gasteiger partial charge >= 0.3 is 5.97 Å². The molecule has 2 aromatic rings. The zero-order chi connectivity index (χ0) is 26.8. The molecule has 0 aliphatic carbocycles. The molecule has 0 spiro atoms. The summed E-state index contributed by atoms with van der Waals surface area (Å²) in [6.07, 6.45) is 2.26. The summed E-state index contributed by atoms with van der Waals surface area (Å²) in [6, 6.07) is 3.33. The lowest BCUT2D eigenvalue weighted by atomic mass is 10.1. The number of benzene rings is 1. The molecule has 1 aromatic heterocycles. The van der Waals surface area contributed by atoms with Crippen molar-refractivity contribution < 1.29 is 33.3 Å². The Labute approximate surface area is 223 Å². The molecule has 2 rings (SSSR count). The normalized spacial score (nSPS) is 12.2. The number of aromatic nitrogens is 1. The number of methoxy groups -OCH3 is 3. The number of anilines is 1. The number of hydrogen-bond donors (Lipinski definition) is 2. The summed E-state index contributed by atoms with van der Waals surface area (Å²) in [6.45, 7) is 1.39. The number of ether oxygens (including phenoxy) is 4. The lowest BCUT2D eigenvalue weighted by Gasteiger charge is -2.21. The highest BCUT2D eigenvalue weighted by Gasteiger charge is 2.28. The fourth-order valence-electron chi connectivity index (χ4n) is 2.97. The summed E-state index contributed by atoms with van der Waals surface area (Å²) in [5.74, 6) is -0.474. The van der Waals surface area contributed by atoms with Crippen molar-refractivity contribution in [1.82, 2.24) is 10.3 Å². The first-order valence-electron chi connectivity index (χ1n) is 10.6. The number of nitrogens with one attached hydrogen (secondary N) is 2. The molecule has 0 saturated heterocycles. The van der Waals surface area contributed by atoms with Gasteiger partial charge in [0.25, 0.3) is 11.8 Å². The van der Waals surface area contributed by atoms with Gasteiger partial charge in [-0.05, 0) is 43.6 Å². The number of pyridine rings is 1. The third kappa shape index (κ3) is 7.81. The molecule has 2 amide bonds. The predicted octanol–water partition coefficient (Wildman–Crippen LogP) is 3.84. The van der Waals surface area contributed by atoms with Crippen LogP contribution in [0.4, 0.5) is 5.82 Å². The molecule has 0 unspecified atom stereocenters. The first-order chi connectivity index (χ1) is 17.1. The summed E-state index contributed by atoms with van der Waals surface area (Å²) in [5, 5.41) is 5.57. The summed E-state index contributed by atoms with van der Waals surface area (Å²) in [4.78, 5) is 42.3. The molecule has 13 heteroatoms. The quantitative estimate of drug-likeness (QED) is 0.373. The Morgan fingerprint density at radius 1 is 1.06 bits per heavy atom. The molecule has 36 heavy (non-hydrogen) atoms. The molecule has 2 atom stereocenters. The van der Waals surface area contributed by atoms with Crippen LogP contribution in [0.3, 0.4) is 0 Å². The van der Waals surface area contributed by atoms with Crippen LogP contribution >= 0.6 is 35.0 Å². The van der Waals surface area contributed by atoms with Gasteiger partial charge in [0.1, 0.15) is 6.04 Å². The highest BCUT2D eigenvalue weighted by atomic mass is 35.5. The number of nitrogens with zero attached hydrogens (tertiary/aromatic N) is 1. The Hall–Kier alpha value is -2.89. The van der Waals surface area contributed by atoms with Crippen molar-refractivity contribution in [1.29, 1.82) is 0 Å². The molecule has 0 bridgehead atoms. The number of esters is 1. The molecular weight excluding hydrogens is 533 g/mol. The Balaban J connectivity index is 2.14. The maximum absolute atomic E-state index is 13.0. The summed E-state index contributed by atoms with van der Waals surface area (Å²) in [7, 11) is 4.30. The van der Waals surface area contributed by atoms with Crippen molar-refractivity contribution in [3.05, 3.63) is 40.0 Å². The molecule has 0 aliphatic rings. The molecule has 0 saturated carbocycles. The molecule has 1 heterocycles. The van der Waals surface area contributed by atoms with E-state index in [1.807, 2.05) is 6.26 Å². The van der Waals surface area contributed by atoms with Gasteiger partial charge in [-0.1, -0.05) is 23.2 Å². The first-order valence-corrected chi connectivity index (χ1v) is 12.7. The van der Waals surface area contributed by atoms with Gasteiger partial charge in [0.05, 0.1) is 31.4 Å². The number of rotatable bonds is 12. The van der Waals surface area contributed by atoms with Crippen LogP contribution in [0.15, 0.2) is 24.4 Å². The van der Waals surface area contributed by atoms with E-state index in [0.29, 0.717) is 16.5 Å². The average molecular weight is 560 g/mol. The van der Waals surface area contributed by atoms with Gasteiger partial charge < -0.3 is 29.6 Å². The smallest absolute Gasteiger partial charge is 0.329 e. The maximum atomic E-state index is 13.0. The lowest BCUT2D eigenvalue weighted by molar-refractivity contribution is -0.155. The Bertz CT molecular complexity index is 1080. The highest BCUT2D eigenvalue weighted by molar-refractivity contribution is 7.98. The minimum atomic E-state index is -1.19. The molecular formula is C23H27Cl2N3O7S. The standard InChI is InChI=1S/C23H27Cl2N3O7S/c1-12(21(29)28-20-15(25)10-14(24)11-26-20)35-23(31)16(6-7-36-5)27-22(30)13-8-17(32-2)19(34-4)18(9-13)33-3/h8-12,16H,6-7H2,1-5H3,(H,27,30)(H,26,28,29)/t12-,16+/m1/s1. The van der Waals surface area contributed by atoms with E-state index in [-0.39, 0.29) is 34.3 Å². The van der Waals surface area contributed by atoms with E-state index in [2.05, 4.69) is 15.6 Å². The van der Waals surface area contributed by atoms with E-state index in [0.717, 1.165) is 0 Å². The second-order valence-corrected chi connectivity index (χ2v) is 9.10. The fraction of sp³-hybridized carbons (Fsp3) is 0.391. The van der Waals surface area contributed by atoms with Gasteiger partial charge in [0, 0.05) is 11.8 Å². The molecule has 10 nitrogen and oxygen atoms in total. The Morgan fingerprint density at radius 3 is 2.22 bits per heavy atom. The second-order valence-electron chi connectivity index (χ2n) is 7.27. The van der Waals surface area contributed by atoms with Gasteiger partial charge in [-0.25, -0.2) is 9.78 Å². The molecule has 0 aliphatic heterocycles. The Morgan fingerprint density at radius 2 is 1.69 bits per heavy atom. The van der Waals surface area contributed by atoms with Crippen molar-refractivity contribution in [3.63, 3.8) is 0 Å². The highest BCUT2D eigenvalue weighted by Crippen LogP contribution is 2.38. The third-order valence-corrected chi connectivity index (χ3v) is 5.98. The van der Waals surface area contributed by atoms with Crippen LogP contribution in [0.25, 0.3) is 0 Å². The monoisotopic (exact) mass is 559 g/mol. The average Bonchev–Trinajstić information content (AvgIpc) is 2.86. The van der Waals surface area contributed by atoms with Gasteiger partial charge in [0.2, 0.25) is 5.75 Å².